The van der Waals surface area contributed by atoms with Crippen LogP contribution in [0.4, 0.5) is 20.5 Å². The Labute approximate surface area is 249 Å². The summed E-state index contributed by atoms with van der Waals surface area (Å²) in [6.07, 6.45) is 1.46. The van der Waals surface area contributed by atoms with E-state index >= 15 is 0 Å². The molecule has 2 amide bonds. The molecule has 3 aromatic rings. The highest BCUT2D eigenvalue weighted by Gasteiger charge is 2.30. The molecule has 3 aliphatic heterocycles. The molecule has 0 saturated carbocycles. The van der Waals surface area contributed by atoms with Crippen molar-refractivity contribution < 1.29 is 23.1 Å². The van der Waals surface area contributed by atoms with Gasteiger partial charge in [0.05, 0.1) is 24.2 Å². The molecule has 1 aromatic carbocycles. The molecular formula is C30H38F2N8O3. The maximum Gasteiger partial charge on any atom is 0.296 e. The normalized spacial score (nSPS) is 18.9. The molecular weight excluding hydrogens is 558 g/mol. The van der Waals surface area contributed by atoms with Gasteiger partial charge in [0.15, 0.2) is 5.82 Å². The molecule has 3 saturated heterocycles. The van der Waals surface area contributed by atoms with Crippen molar-refractivity contribution in [3.05, 3.63) is 36.2 Å². The number of anilines is 2. The van der Waals surface area contributed by atoms with E-state index in [1.54, 1.807) is 37.3 Å². The summed E-state index contributed by atoms with van der Waals surface area (Å²) in [7, 11) is 0. The second kappa shape index (κ2) is 12.8. The summed E-state index contributed by atoms with van der Waals surface area (Å²) in [5, 5.41) is 3.14. The molecule has 230 valence electrons. The summed E-state index contributed by atoms with van der Waals surface area (Å²) < 4.78 is 35.2. The number of fused-ring (bicyclic) bond motifs is 1. The smallest absolute Gasteiger partial charge is 0.296 e. The highest BCUT2D eigenvalue weighted by Crippen LogP contribution is 2.30. The SMILES string of the molecule is C[C@H](Nc1nc(N2CCOCC2)cc(-n2c(C(F)F)nc3ccccc32)n1)C(=O)N1CCC(CC(=O)N2CCCC2)CC1. The summed E-state index contributed by atoms with van der Waals surface area (Å²) in [6.45, 7) is 6.86. The molecule has 0 bridgehead atoms. The van der Waals surface area contributed by atoms with Crippen LogP contribution >= 0.6 is 0 Å². The van der Waals surface area contributed by atoms with E-state index in [-0.39, 0.29) is 29.5 Å². The molecule has 5 heterocycles. The highest BCUT2D eigenvalue weighted by molar-refractivity contribution is 5.84. The average molecular weight is 597 g/mol. The number of likely N-dealkylation sites (tertiary alicyclic amines) is 2. The average Bonchev–Trinajstić information content (AvgIpc) is 3.70. The zero-order chi connectivity index (χ0) is 29.9. The van der Waals surface area contributed by atoms with Crippen LogP contribution in [0.25, 0.3) is 16.9 Å². The number of ether oxygens (including phenoxy) is 1. The van der Waals surface area contributed by atoms with E-state index in [4.69, 9.17) is 4.74 Å². The molecule has 1 atom stereocenters. The van der Waals surface area contributed by atoms with Gasteiger partial charge in [-0.3, -0.25) is 14.2 Å². The number of aromatic nitrogens is 4. The van der Waals surface area contributed by atoms with Crippen LogP contribution in [-0.2, 0) is 14.3 Å². The van der Waals surface area contributed by atoms with Crippen molar-refractivity contribution >= 4 is 34.6 Å². The fraction of sp³-hybridized carbons (Fsp3) is 0.567. The summed E-state index contributed by atoms with van der Waals surface area (Å²) in [6, 6.07) is 7.97. The van der Waals surface area contributed by atoms with Gasteiger partial charge in [0.25, 0.3) is 6.43 Å². The summed E-state index contributed by atoms with van der Waals surface area (Å²) in [5.41, 5.74) is 0.943. The van der Waals surface area contributed by atoms with Crippen molar-refractivity contribution in [1.29, 1.82) is 0 Å². The second-order valence-corrected chi connectivity index (χ2v) is 11.5. The fourth-order valence-corrected chi connectivity index (χ4v) is 6.22. The number of imidazole rings is 1. The van der Waals surface area contributed by atoms with E-state index in [1.807, 2.05) is 14.7 Å². The fourth-order valence-electron chi connectivity index (χ4n) is 6.22. The Morgan fingerprint density at radius 2 is 1.65 bits per heavy atom. The molecule has 11 nitrogen and oxygen atoms in total. The van der Waals surface area contributed by atoms with Crippen molar-refractivity contribution in [2.24, 2.45) is 5.92 Å². The Morgan fingerprint density at radius 1 is 0.953 bits per heavy atom. The monoisotopic (exact) mass is 596 g/mol. The first-order chi connectivity index (χ1) is 20.9. The minimum atomic E-state index is -2.82. The Morgan fingerprint density at radius 3 is 2.37 bits per heavy atom. The number of nitrogens with one attached hydrogen (secondary N) is 1. The quantitative estimate of drug-likeness (QED) is 0.420. The van der Waals surface area contributed by atoms with Crippen LogP contribution in [0.2, 0.25) is 0 Å². The first kappa shape index (κ1) is 29.2. The summed E-state index contributed by atoms with van der Waals surface area (Å²) in [4.78, 5) is 45.3. The topological polar surface area (TPSA) is 109 Å². The predicted molar refractivity (Wildman–Crippen MR) is 157 cm³/mol. The lowest BCUT2D eigenvalue weighted by Crippen LogP contribution is -2.46. The minimum Gasteiger partial charge on any atom is -0.378 e. The van der Waals surface area contributed by atoms with Crippen LogP contribution in [0, 0.1) is 5.92 Å². The highest BCUT2D eigenvalue weighted by atomic mass is 19.3. The van der Waals surface area contributed by atoms with Crippen LogP contribution < -0.4 is 10.2 Å². The molecule has 0 spiro atoms. The molecule has 0 unspecified atom stereocenters. The number of para-hydroxylation sites is 2. The van der Waals surface area contributed by atoms with E-state index in [2.05, 4.69) is 20.3 Å². The Balaban J connectivity index is 1.20. The third kappa shape index (κ3) is 6.41. The molecule has 43 heavy (non-hydrogen) atoms. The standard InChI is InChI=1S/C30H38F2N8O3/c1-20(29(42)39-12-8-21(9-13-39)18-26(41)38-10-4-5-11-38)33-30-35-24(37-14-16-43-17-15-37)19-25(36-30)40-23-7-3-2-6-22(23)34-28(40)27(31)32/h2-3,6-7,19-21,27H,4-5,8-18H2,1H3,(H,33,35,36)/t20-/m0/s1. The number of carbonyl (C=O) groups excluding carboxylic acids is 2. The van der Waals surface area contributed by atoms with Crippen molar-refractivity contribution in [1.82, 2.24) is 29.3 Å². The van der Waals surface area contributed by atoms with Crippen LogP contribution in [0.5, 0.6) is 0 Å². The van der Waals surface area contributed by atoms with Gasteiger partial charge in [-0.15, -0.1) is 0 Å². The molecule has 2 aromatic heterocycles. The number of alkyl halides is 2. The van der Waals surface area contributed by atoms with Gasteiger partial charge in [-0.25, -0.2) is 13.8 Å². The third-order valence-electron chi connectivity index (χ3n) is 8.61. The van der Waals surface area contributed by atoms with E-state index in [1.165, 1.54) is 4.57 Å². The largest absolute Gasteiger partial charge is 0.378 e. The Hall–Kier alpha value is -3.87. The number of benzene rings is 1. The first-order valence-electron chi connectivity index (χ1n) is 15.2. The number of piperidine rings is 1. The minimum absolute atomic E-state index is 0.0902. The number of hydrogen-bond acceptors (Lipinski definition) is 8. The van der Waals surface area contributed by atoms with Crippen molar-refractivity contribution in [2.45, 2.75) is 51.5 Å². The summed E-state index contributed by atoms with van der Waals surface area (Å²) >= 11 is 0. The van der Waals surface area contributed by atoms with Gasteiger partial charge in [-0.1, -0.05) is 12.1 Å². The maximum atomic E-state index is 14.2. The van der Waals surface area contributed by atoms with Crippen LogP contribution in [0.15, 0.2) is 30.3 Å². The lowest BCUT2D eigenvalue weighted by atomic mass is 9.92. The number of amides is 2. The number of carbonyl (C=O) groups is 2. The van der Waals surface area contributed by atoms with Crippen LogP contribution in [-0.4, -0.2) is 99.7 Å². The summed E-state index contributed by atoms with van der Waals surface area (Å²) in [5.74, 6) is 0.977. The molecule has 6 rings (SSSR count). The van der Waals surface area contributed by atoms with Crippen molar-refractivity contribution in [2.75, 3.05) is 62.7 Å². The molecule has 3 aliphatic rings. The number of hydrogen-bond donors (Lipinski definition) is 1. The van der Waals surface area contributed by atoms with Gasteiger partial charge in [-0.05, 0) is 50.7 Å². The molecule has 3 fully saturated rings. The van der Waals surface area contributed by atoms with Crippen LogP contribution in [0.1, 0.15) is 51.3 Å². The third-order valence-corrected chi connectivity index (χ3v) is 8.61. The van der Waals surface area contributed by atoms with Gasteiger partial charge >= 0.3 is 0 Å². The van der Waals surface area contributed by atoms with Gasteiger partial charge in [-0.2, -0.15) is 9.97 Å². The predicted octanol–water partition coefficient (Wildman–Crippen LogP) is 3.64. The van der Waals surface area contributed by atoms with Crippen molar-refractivity contribution in [3.63, 3.8) is 0 Å². The van der Waals surface area contributed by atoms with Gasteiger partial charge in [0, 0.05) is 51.8 Å². The molecule has 0 aliphatic carbocycles. The maximum absolute atomic E-state index is 14.2. The molecule has 13 heteroatoms. The zero-order valence-electron chi connectivity index (χ0n) is 24.4. The number of rotatable bonds is 8. The second-order valence-electron chi connectivity index (χ2n) is 11.5. The van der Waals surface area contributed by atoms with E-state index in [0.717, 1.165) is 38.8 Å². The lowest BCUT2D eigenvalue weighted by Gasteiger charge is -2.34. The van der Waals surface area contributed by atoms with Gasteiger partial charge < -0.3 is 24.8 Å². The Bertz CT molecular complexity index is 1450. The van der Waals surface area contributed by atoms with E-state index in [0.29, 0.717) is 62.7 Å². The number of halogens is 2. The molecule has 0 radical (unpaired) electrons. The first-order valence-corrected chi connectivity index (χ1v) is 15.2. The van der Waals surface area contributed by atoms with E-state index < -0.39 is 18.3 Å². The number of nitrogens with zero attached hydrogens (tertiary/aromatic N) is 7. The van der Waals surface area contributed by atoms with Crippen LogP contribution in [0.3, 0.4) is 0 Å². The molecule has 1 N–H and O–H groups in total. The zero-order valence-corrected chi connectivity index (χ0v) is 24.4. The number of morpholine rings is 1. The van der Waals surface area contributed by atoms with Gasteiger partial charge in [0.2, 0.25) is 17.8 Å². The van der Waals surface area contributed by atoms with Gasteiger partial charge in [0.1, 0.15) is 17.7 Å². The Kier molecular flexibility index (Phi) is 8.68. The van der Waals surface area contributed by atoms with E-state index in [9.17, 15) is 18.4 Å². The van der Waals surface area contributed by atoms with Crippen molar-refractivity contribution in [3.8, 4) is 5.82 Å². The lowest BCUT2D eigenvalue weighted by molar-refractivity contribution is -0.134.